The molecule has 0 radical (unpaired) electrons. The van der Waals surface area contributed by atoms with Crippen molar-refractivity contribution < 1.29 is 14.3 Å². The van der Waals surface area contributed by atoms with E-state index in [0.29, 0.717) is 13.2 Å². The van der Waals surface area contributed by atoms with Crippen LogP contribution >= 0.6 is 0 Å². The van der Waals surface area contributed by atoms with Crippen molar-refractivity contribution in [3.05, 3.63) is 0 Å². The highest BCUT2D eigenvalue weighted by Crippen LogP contribution is 2.07. The van der Waals surface area contributed by atoms with Crippen LogP contribution in [0.3, 0.4) is 0 Å². The van der Waals surface area contributed by atoms with Crippen LogP contribution in [0, 0.1) is 0 Å². The molecule has 0 unspecified atom stereocenters. The summed E-state index contributed by atoms with van der Waals surface area (Å²) in [5.74, 6) is 0. The van der Waals surface area contributed by atoms with Gasteiger partial charge >= 0.3 is 6.03 Å². The molecular formula is C10H22N2O3. The molecule has 0 aromatic heterocycles. The number of amides is 2. The molecular weight excluding hydrogens is 196 g/mol. The van der Waals surface area contributed by atoms with Gasteiger partial charge in [-0.25, -0.2) is 4.79 Å². The molecule has 0 bridgehead atoms. The second-order valence-corrected chi connectivity index (χ2v) is 4.07. The number of ether oxygens (including phenoxy) is 2. The Morgan fingerprint density at radius 1 is 1.40 bits per heavy atom. The minimum Gasteiger partial charge on any atom is -0.382 e. The average Bonchev–Trinajstić information content (AvgIpc) is 2.14. The standard InChI is InChI=1S/C10H22N2O3/c1-8(2)12-9(13)11-6-10(3,15-5)7-14-4/h8H,6-7H2,1-5H3,(H2,11,12,13)/t10-/m0/s1. The Hall–Kier alpha value is -0.810. The first kappa shape index (κ1) is 14.2. The van der Waals surface area contributed by atoms with E-state index in [1.807, 2.05) is 20.8 Å². The van der Waals surface area contributed by atoms with Crippen LogP contribution in [-0.2, 0) is 9.47 Å². The van der Waals surface area contributed by atoms with Crippen LogP contribution in [0.1, 0.15) is 20.8 Å². The molecule has 0 aliphatic rings. The number of hydrogen-bond donors (Lipinski definition) is 2. The fraction of sp³-hybridized carbons (Fsp3) is 0.900. The lowest BCUT2D eigenvalue weighted by Crippen LogP contribution is -2.49. The van der Waals surface area contributed by atoms with Crippen molar-refractivity contribution in [3.63, 3.8) is 0 Å². The van der Waals surface area contributed by atoms with Crippen molar-refractivity contribution in [2.45, 2.75) is 32.4 Å². The molecule has 0 aliphatic heterocycles. The maximum atomic E-state index is 11.3. The number of methoxy groups -OCH3 is 2. The van der Waals surface area contributed by atoms with Gasteiger partial charge in [0.25, 0.3) is 0 Å². The third kappa shape index (κ3) is 6.30. The summed E-state index contributed by atoms with van der Waals surface area (Å²) in [6.45, 7) is 6.54. The monoisotopic (exact) mass is 218 g/mol. The first-order valence-electron chi connectivity index (χ1n) is 5.02. The van der Waals surface area contributed by atoms with Gasteiger partial charge in [-0.2, -0.15) is 0 Å². The molecule has 0 aliphatic carbocycles. The largest absolute Gasteiger partial charge is 0.382 e. The van der Waals surface area contributed by atoms with E-state index < -0.39 is 5.60 Å². The molecule has 0 aromatic rings. The quantitative estimate of drug-likeness (QED) is 0.691. The van der Waals surface area contributed by atoms with Gasteiger partial charge in [0.1, 0.15) is 5.60 Å². The lowest BCUT2D eigenvalue weighted by molar-refractivity contribution is -0.0474. The summed E-state index contributed by atoms with van der Waals surface area (Å²) in [6.07, 6.45) is 0. The lowest BCUT2D eigenvalue weighted by Gasteiger charge is -2.27. The third-order valence-electron chi connectivity index (χ3n) is 1.99. The molecule has 2 amide bonds. The van der Waals surface area contributed by atoms with Gasteiger partial charge in [-0.1, -0.05) is 0 Å². The zero-order valence-corrected chi connectivity index (χ0v) is 10.2. The number of hydrogen-bond acceptors (Lipinski definition) is 3. The van der Waals surface area contributed by atoms with Gasteiger partial charge in [0.05, 0.1) is 13.2 Å². The Morgan fingerprint density at radius 3 is 2.40 bits per heavy atom. The second kappa shape index (κ2) is 6.63. The van der Waals surface area contributed by atoms with Gasteiger partial charge in [0, 0.05) is 20.3 Å². The van der Waals surface area contributed by atoms with Crippen molar-refractivity contribution >= 4 is 6.03 Å². The van der Waals surface area contributed by atoms with Crippen LogP contribution in [0.5, 0.6) is 0 Å². The predicted octanol–water partition coefficient (Wildman–Crippen LogP) is 0.746. The molecule has 1 atom stereocenters. The van der Waals surface area contributed by atoms with Gasteiger partial charge in [0.2, 0.25) is 0 Å². The molecule has 0 fully saturated rings. The average molecular weight is 218 g/mol. The summed E-state index contributed by atoms with van der Waals surface area (Å²) in [5.41, 5.74) is -0.483. The molecule has 2 N–H and O–H groups in total. The molecule has 0 rings (SSSR count). The summed E-state index contributed by atoms with van der Waals surface area (Å²) >= 11 is 0. The molecule has 0 saturated heterocycles. The van der Waals surface area contributed by atoms with Crippen LogP contribution in [0.25, 0.3) is 0 Å². The van der Waals surface area contributed by atoms with Gasteiger partial charge in [-0.15, -0.1) is 0 Å². The Bertz CT molecular complexity index is 197. The number of carbonyl (C=O) groups is 1. The third-order valence-corrected chi connectivity index (χ3v) is 1.99. The zero-order chi connectivity index (χ0) is 11.9. The van der Waals surface area contributed by atoms with Crippen LogP contribution in [0.2, 0.25) is 0 Å². The minimum absolute atomic E-state index is 0.126. The zero-order valence-electron chi connectivity index (χ0n) is 10.2. The summed E-state index contributed by atoms with van der Waals surface area (Å²) in [6, 6.07) is -0.0643. The molecule has 0 aromatic carbocycles. The number of urea groups is 1. The fourth-order valence-corrected chi connectivity index (χ4v) is 1.07. The summed E-state index contributed by atoms with van der Waals surface area (Å²) < 4.78 is 10.3. The minimum atomic E-state index is -0.483. The number of carbonyl (C=O) groups excluding carboxylic acids is 1. The molecule has 0 spiro atoms. The van der Waals surface area contributed by atoms with Crippen LogP contribution in [0.4, 0.5) is 4.79 Å². The number of rotatable bonds is 6. The van der Waals surface area contributed by atoms with E-state index in [2.05, 4.69) is 10.6 Å². The molecule has 0 saturated carbocycles. The van der Waals surface area contributed by atoms with Gasteiger partial charge in [0.15, 0.2) is 0 Å². The highest BCUT2D eigenvalue weighted by Gasteiger charge is 2.24. The highest BCUT2D eigenvalue weighted by molar-refractivity contribution is 5.74. The first-order valence-corrected chi connectivity index (χ1v) is 5.02. The highest BCUT2D eigenvalue weighted by atomic mass is 16.5. The van der Waals surface area contributed by atoms with Gasteiger partial charge in [-0.3, -0.25) is 0 Å². The van der Waals surface area contributed by atoms with E-state index in [1.54, 1.807) is 14.2 Å². The summed E-state index contributed by atoms with van der Waals surface area (Å²) in [7, 11) is 3.20. The predicted molar refractivity (Wildman–Crippen MR) is 59.0 cm³/mol. The van der Waals surface area contributed by atoms with E-state index in [9.17, 15) is 4.79 Å². The van der Waals surface area contributed by atoms with Crippen molar-refractivity contribution in [1.82, 2.24) is 10.6 Å². The van der Waals surface area contributed by atoms with Crippen LogP contribution in [0.15, 0.2) is 0 Å². The van der Waals surface area contributed by atoms with Crippen molar-refractivity contribution in [2.75, 3.05) is 27.4 Å². The fourth-order valence-electron chi connectivity index (χ4n) is 1.07. The van der Waals surface area contributed by atoms with Crippen molar-refractivity contribution in [3.8, 4) is 0 Å². The van der Waals surface area contributed by atoms with E-state index in [-0.39, 0.29) is 12.1 Å². The smallest absolute Gasteiger partial charge is 0.315 e. The topological polar surface area (TPSA) is 59.6 Å². The summed E-state index contributed by atoms with van der Waals surface area (Å²) in [5, 5.41) is 5.47. The Kier molecular flexibility index (Phi) is 6.27. The Morgan fingerprint density at radius 2 is 2.00 bits per heavy atom. The van der Waals surface area contributed by atoms with Gasteiger partial charge < -0.3 is 20.1 Å². The molecule has 5 nitrogen and oxygen atoms in total. The van der Waals surface area contributed by atoms with Crippen molar-refractivity contribution in [1.29, 1.82) is 0 Å². The molecule has 0 heterocycles. The summed E-state index contributed by atoms with van der Waals surface area (Å²) in [4.78, 5) is 11.3. The number of nitrogens with one attached hydrogen (secondary N) is 2. The first-order chi connectivity index (χ1) is 6.93. The maximum absolute atomic E-state index is 11.3. The van der Waals surface area contributed by atoms with Crippen LogP contribution in [-0.4, -0.2) is 45.0 Å². The van der Waals surface area contributed by atoms with E-state index in [4.69, 9.17) is 9.47 Å². The SMILES string of the molecule is COC[C@](C)(CNC(=O)NC(C)C)OC. The van der Waals surface area contributed by atoms with Crippen molar-refractivity contribution in [2.24, 2.45) is 0 Å². The van der Waals surface area contributed by atoms with E-state index in [1.165, 1.54) is 0 Å². The molecule has 5 heteroatoms. The lowest BCUT2D eigenvalue weighted by atomic mass is 10.1. The Labute approximate surface area is 91.5 Å². The normalized spacial score (nSPS) is 14.8. The second-order valence-electron chi connectivity index (χ2n) is 4.07. The maximum Gasteiger partial charge on any atom is 0.315 e. The van der Waals surface area contributed by atoms with Crippen LogP contribution < -0.4 is 10.6 Å². The molecule has 15 heavy (non-hydrogen) atoms. The Balaban J connectivity index is 3.94. The molecule has 90 valence electrons. The van der Waals surface area contributed by atoms with Gasteiger partial charge in [-0.05, 0) is 20.8 Å². The van der Waals surface area contributed by atoms with E-state index >= 15 is 0 Å². The van der Waals surface area contributed by atoms with E-state index in [0.717, 1.165) is 0 Å².